The van der Waals surface area contributed by atoms with Crippen molar-refractivity contribution >= 4 is 39.2 Å². The van der Waals surface area contributed by atoms with Crippen molar-refractivity contribution in [2.75, 3.05) is 13.2 Å². The first-order valence-electron chi connectivity index (χ1n) is 5.09. The Morgan fingerprint density at radius 1 is 1.35 bits per heavy atom. The number of aliphatic hydroxyl groups is 1. The number of nitrogens with one attached hydrogen (secondary N) is 2. The van der Waals surface area contributed by atoms with Gasteiger partial charge in [-0.05, 0) is 42.9 Å². The van der Waals surface area contributed by atoms with Gasteiger partial charge in [-0.3, -0.25) is 10.1 Å². The molecule has 3 N–H and O–H groups in total. The number of carbonyl (C=O) groups excluding carboxylic acids is 1. The maximum atomic E-state index is 11.7. The van der Waals surface area contributed by atoms with Crippen molar-refractivity contribution in [3.8, 4) is 0 Å². The van der Waals surface area contributed by atoms with Crippen molar-refractivity contribution in [2.45, 2.75) is 6.42 Å². The Morgan fingerprint density at radius 3 is 2.59 bits per heavy atom. The summed E-state index contributed by atoms with van der Waals surface area (Å²) in [6.07, 6.45) is 0.592. The van der Waals surface area contributed by atoms with E-state index in [-0.39, 0.29) is 17.6 Å². The number of aliphatic hydroxyl groups excluding tert-OH is 1. The number of hydrogen-bond acceptors (Lipinski definition) is 3. The van der Waals surface area contributed by atoms with Gasteiger partial charge in [0, 0.05) is 23.2 Å². The second kappa shape index (κ2) is 7.37. The quantitative estimate of drug-likeness (QED) is 0.581. The van der Waals surface area contributed by atoms with Gasteiger partial charge < -0.3 is 10.4 Å². The smallest absolute Gasteiger partial charge is 0.257 e. The van der Waals surface area contributed by atoms with Crippen molar-refractivity contribution in [3.05, 3.63) is 34.3 Å². The first-order chi connectivity index (χ1) is 8.13. The third-order valence-corrected chi connectivity index (χ3v) is 2.73. The van der Waals surface area contributed by atoms with Gasteiger partial charge in [0.1, 0.15) is 0 Å². The molecule has 1 aromatic rings. The fourth-order valence-corrected chi connectivity index (χ4v) is 1.56. The molecular weight excluding hydrogens is 304 g/mol. The van der Waals surface area contributed by atoms with Gasteiger partial charge in [0.2, 0.25) is 0 Å². The highest BCUT2D eigenvalue weighted by molar-refractivity contribution is 9.10. The molecule has 1 aromatic carbocycles. The molecule has 0 unspecified atom stereocenters. The molecule has 0 saturated carbocycles. The van der Waals surface area contributed by atoms with Crippen LogP contribution in [-0.4, -0.2) is 29.3 Å². The Hall–Kier alpha value is -0.980. The van der Waals surface area contributed by atoms with Gasteiger partial charge in [0.15, 0.2) is 5.11 Å². The van der Waals surface area contributed by atoms with Crippen LogP contribution < -0.4 is 10.6 Å². The standard InChI is InChI=1S/C11H13BrN2O2S/c12-9-4-2-8(3-5-9)10(16)14-11(17)13-6-1-7-15/h2-5,15H,1,6-7H2,(H2,13,14,16,17). The van der Waals surface area contributed by atoms with Gasteiger partial charge >= 0.3 is 0 Å². The third kappa shape index (κ3) is 5.25. The molecule has 17 heavy (non-hydrogen) atoms. The van der Waals surface area contributed by atoms with Crippen LogP contribution in [0.1, 0.15) is 16.8 Å². The van der Waals surface area contributed by atoms with E-state index in [2.05, 4.69) is 26.6 Å². The number of amides is 1. The van der Waals surface area contributed by atoms with Crippen LogP contribution in [0.2, 0.25) is 0 Å². The van der Waals surface area contributed by atoms with Crippen LogP contribution in [-0.2, 0) is 0 Å². The van der Waals surface area contributed by atoms with Gasteiger partial charge in [0.25, 0.3) is 5.91 Å². The molecule has 0 saturated heterocycles. The average Bonchev–Trinajstić information content (AvgIpc) is 2.30. The largest absolute Gasteiger partial charge is 0.396 e. The van der Waals surface area contributed by atoms with Crippen LogP contribution in [0.15, 0.2) is 28.7 Å². The summed E-state index contributed by atoms with van der Waals surface area (Å²) < 4.78 is 0.915. The molecule has 0 bridgehead atoms. The molecule has 1 amide bonds. The van der Waals surface area contributed by atoms with Gasteiger partial charge in [-0.2, -0.15) is 0 Å². The predicted octanol–water partition coefficient (Wildman–Crippen LogP) is 1.44. The lowest BCUT2D eigenvalue weighted by Gasteiger charge is -2.08. The van der Waals surface area contributed by atoms with Crippen molar-refractivity contribution in [1.82, 2.24) is 10.6 Å². The predicted molar refractivity (Wildman–Crippen MR) is 73.9 cm³/mol. The average molecular weight is 317 g/mol. The van der Waals surface area contributed by atoms with Gasteiger partial charge in [0.05, 0.1) is 0 Å². The number of carbonyl (C=O) groups is 1. The van der Waals surface area contributed by atoms with E-state index in [9.17, 15) is 4.79 Å². The summed E-state index contributed by atoms with van der Waals surface area (Å²) in [6.45, 7) is 0.631. The molecule has 1 rings (SSSR count). The van der Waals surface area contributed by atoms with Crippen LogP contribution >= 0.6 is 28.1 Å². The van der Waals surface area contributed by atoms with Crippen LogP contribution in [0.3, 0.4) is 0 Å². The monoisotopic (exact) mass is 316 g/mol. The Morgan fingerprint density at radius 2 is 2.00 bits per heavy atom. The Bertz CT molecular complexity index is 395. The molecule has 0 aliphatic carbocycles. The lowest BCUT2D eigenvalue weighted by atomic mass is 10.2. The van der Waals surface area contributed by atoms with E-state index in [4.69, 9.17) is 17.3 Å². The second-order valence-electron chi connectivity index (χ2n) is 3.29. The lowest BCUT2D eigenvalue weighted by molar-refractivity contribution is 0.0976. The maximum absolute atomic E-state index is 11.7. The van der Waals surface area contributed by atoms with Crippen LogP contribution in [0, 0.1) is 0 Å². The van der Waals surface area contributed by atoms with E-state index in [1.165, 1.54) is 0 Å². The minimum Gasteiger partial charge on any atom is -0.396 e. The highest BCUT2D eigenvalue weighted by Gasteiger charge is 2.06. The molecule has 0 aliphatic rings. The molecule has 0 atom stereocenters. The van der Waals surface area contributed by atoms with E-state index >= 15 is 0 Å². The summed E-state index contributed by atoms with van der Waals surface area (Å²) in [7, 11) is 0. The van der Waals surface area contributed by atoms with E-state index in [0.717, 1.165) is 4.47 Å². The number of rotatable bonds is 4. The number of halogens is 1. The number of hydrogen-bond donors (Lipinski definition) is 3. The fraction of sp³-hybridized carbons (Fsp3) is 0.273. The molecule has 0 spiro atoms. The SMILES string of the molecule is O=C(NC(=S)NCCCO)c1ccc(Br)cc1. The van der Waals surface area contributed by atoms with Crippen molar-refractivity contribution in [3.63, 3.8) is 0 Å². The Labute approximate surface area is 114 Å². The summed E-state index contributed by atoms with van der Waals surface area (Å²) in [4.78, 5) is 11.7. The Kier molecular flexibility index (Phi) is 6.10. The molecule has 92 valence electrons. The molecule has 6 heteroatoms. The normalized spacial score (nSPS) is 9.76. The molecule has 0 aromatic heterocycles. The van der Waals surface area contributed by atoms with E-state index in [1.54, 1.807) is 24.3 Å². The molecular formula is C11H13BrN2O2S. The number of thiocarbonyl (C=S) groups is 1. The second-order valence-corrected chi connectivity index (χ2v) is 4.62. The third-order valence-electron chi connectivity index (χ3n) is 1.95. The van der Waals surface area contributed by atoms with Crippen molar-refractivity contribution < 1.29 is 9.90 Å². The van der Waals surface area contributed by atoms with Crippen LogP contribution in [0.5, 0.6) is 0 Å². The highest BCUT2D eigenvalue weighted by atomic mass is 79.9. The first-order valence-corrected chi connectivity index (χ1v) is 6.29. The zero-order valence-corrected chi connectivity index (χ0v) is 11.5. The maximum Gasteiger partial charge on any atom is 0.257 e. The molecule has 0 fully saturated rings. The fourth-order valence-electron chi connectivity index (χ4n) is 1.10. The molecule has 0 aliphatic heterocycles. The summed E-state index contributed by atoms with van der Waals surface area (Å²) in [6, 6.07) is 6.99. The number of benzene rings is 1. The van der Waals surface area contributed by atoms with Crippen LogP contribution in [0.4, 0.5) is 0 Å². The zero-order chi connectivity index (χ0) is 12.7. The van der Waals surface area contributed by atoms with Crippen molar-refractivity contribution in [2.24, 2.45) is 0 Å². The minimum atomic E-state index is -0.251. The lowest BCUT2D eigenvalue weighted by Crippen LogP contribution is -2.39. The summed E-state index contributed by atoms with van der Waals surface area (Å²) in [5.41, 5.74) is 0.541. The van der Waals surface area contributed by atoms with Gasteiger partial charge in [-0.15, -0.1) is 0 Å². The summed E-state index contributed by atoms with van der Waals surface area (Å²) in [5, 5.41) is 14.2. The molecule has 4 nitrogen and oxygen atoms in total. The van der Waals surface area contributed by atoms with E-state index in [1.807, 2.05) is 0 Å². The minimum absolute atomic E-state index is 0.0935. The summed E-state index contributed by atoms with van der Waals surface area (Å²) >= 11 is 8.23. The van der Waals surface area contributed by atoms with Crippen LogP contribution in [0.25, 0.3) is 0 Å². The van der Waals surface area contributed by atoms with E-state index in [0.29, 0.717) is 18.5 Å². The highest BCUT2D eigenvalue weighted by Crippen LogP contribution is 2.10. The van der Waals surface area contributed by atoms with Crippen molar-refractivity contribution in [1.29, 1.82) is 0 Å². The Balaban J connectivity index is 2.43. The topological polar surface area (TPSA) is 61.4 Å². The van der Waals surface area contributed by atoms with E-state index < -0.39 is 0 Å². The van der Waals surface area contributed by atoms with Gasteiger partial charge in [-0.25, -0.2) is 0 Å². The molecule has 0 radical (unpaired) electrons. The molecule has 0 heterocycles. The zero-order valence-electron chi connectivity index (χ0n) is 9.07. The van der Waals surface area contributed by atoms with Gasteiger partial charge in [-0.1, -0.05) is 15.9 Å². The first kappa shape index (κ1) is 14.1. The summed E-state index contributed by atoms with van der Waals surface area (Å²) in [5.74, 6) is -0.251.